The van der Waals surface area contributed by atoms with Gasteiger partial charge >= 0.3 is 0 Å². The van der Waals surface area contributed by atoms with E-state index in [0.29, 0.717) is 4.83 Å². The van der Waals surface area contributed by atoms with E-state index in [0.717, 1.165) is 29.0 Å². The SMILES string of the molecule is CC(Br)CCN(C)c1ncnc2sccc12. The first kappa shape index (κ1) is 11.8. The van der Waals surface area contributed by atoms with Crippen LogP contribution < -0.4 is 4.90 Å². The van der Waals surface area contributed by atoms with E-state index in [1.807, 2.05) is 0 Å². The zero-order valence-corrected chi connectivity index (χ0v) is 11.8. The van der Waals surface area contributed by atoms with Gasteiger partial charge < -0.3 is 4.90 Å². The Hall–Kier alpha value is -0.680. The maximum Gasteiger partial charge on any atom is 0.140 e. The highest BCUT2D eigenvalue weighted by Crippen LogP contribution is 2.26. The number of nitrogens with zero attached hydrogens (tertiary/aromatic N) is 3. The lowest BCUT2D eigenvalue weighted by atomic mass is 10.3. The van der Waals surface area contributed by atoms with Crippen LogP contribution in [0.3, 0.4) is 0 Å². The number of anilines is 1. The number of hydrogen-bond donors (Lipinski definition) is 0. The Bertz CT molecular complexity index is 469. The molecule has 1 atom stereocenters. The molecule has 2 rings (SSSR count). The van der Waals surface area contributed by atoms with E-state index in [4.69, 9.17) is 0 Å². The molecule has 1 unspecified atom stereocenters. The van der Waals surface area contributed by atoms with E-state index in [1.54, 1.807) is 17.7 Å². The molecule has 0 aliphatic rings. The zero-order chi connectivity index (χ0) is 11.5. The third-order valence-corrected chi connectivity index (χ3v) is 3.74. The Labute approximate surface area is 108 Å². The molecule has 5 heteroatoms. The van der Waals surface area contributed by atoms with Crippen molar-refractivity contribution in [3.05, 3.63) is 17.8 Å². The van der Waals surface area contributed by atoms with Crippen LogP contribution in [0.1, 0.15) is 13.3 Å². The summed E-state index contributed by atoms with van der Waals surface area (Å²) in [7, 11) is 2.08. The monoisotopic (exact) mass is 299 g/mol. The smallest absolute Gasteiger partial charge is 0.140 e. The molecule has 2 heterocycles. The second-order valence-electron chi connectivity index (χ2n) is 3.83. The Kier molecular flexibility index (Phi) is 3.76. The molecule has 0 aromatic carbocycles. The Morgan fingerprint density at radius 1 is 1.50 bits per heavy atom. The van der Waals surface area contributed by atoms with Gasteiger partial charge in [-0.3, -0.25) is 0 Å². The summed E-state index contributed by atoms with van der Waals surface area (Å²) in [6, 6.07) is 2.09. The third kappa shape index (κ3) is 2.52. The van der Waals surface area contributed by atoms with Crippen LogP contribution in [-0.2, 0) is 0 Å². The molecular formula is C11H14BrN3S. The molecule has 0 aliphatic carbocycles. The van der Waals surface area contributed by atoms with E-state index < -0.39 is 0 Å². The summed E-state index contributed by atoms with van der Waals surface area (Å²) in [6.45, 7) is 3.16. The summed E-state index contributed by atoms with van der Waals surface area (Å²) in [5, 5.41) is 3.21. The minimum atomic E-state index is 0.537. The Morgan fingerprint density at radius 3 is 3.06 bits per heavy atom. The molecule has 16 heavy (non-hydrogen) atoms. The fourth-order valence-electron chi connectivity index (χ4n) is 1.56. The highest BCUT2D eigenvalue weighted by molar-refractivity contribution is 9.09. The Balaban J connectivity index is 2.22. The first-order valence-electron chi connectivity index (χ1n) is 5.22. The molecule has 2 aromatic rings. The summed E-state index contributed by atoms with van der Waals surface area (Å²) in [6.07, 6.45) is 2.74. The van der Waals surface area contributed by atoms with Gasteiger partial charge in [0.2, 0.25) is 0 Å². The molecule has 86 valence electrons. The second-order valence-corrected chi connectivity index (χ2v) is 6.29. The molecule has 0 aliphatic heterocycles. The van der Waals surface area contributed by atoms with E-state index in [9.17, 15) is 0 Å². The van der Waals surface area contributed by atoms with Crippen LogP contribution in [0.4, 0.5) is 5.82 Å². The third-order valence-electron chi connectivity index (χ3n) is 2.46. The number of halogens is 1. The predicted molar refractivity (Wildman–Crippen MR) is 73.7 cm³/mol. The van der Waals surface area contributed by atoms with Gasteiger partial charge in [0.25, 0.3) is 0 Å². The van der Waals surface area contributed by atoms with Gasteiger partial charge in [-0.1, -0.05) is 22.9 Å². The van der Waals surface area contributed by atoms with Crippen molar-refractivity contribution in [2.75, 3.05) is 18.5 Å². The second kappa shape index (κ2) is 5.10. The van der Waals surface area contributed by atoms with Crippen LogP contribution in [0, 0.1) is 0 Å². The minimum Gasteiger partial charge on any atom is -0.359 e. The van der Waals surface area contributed by atoms with Crippen molar-refractivity contribution in [3.8, 4) is 0 Å². The van der Waals surface area contributed by atoms with E-state index >= 15 is 0 Å². The average Bonchev–Trinajstić information content (AvgIpc) is 2.73. The number of rotatable bonds is 4. The predicted octanol–water partition coefficient (Wildman–Crippen LogP) is 3.30. The molecule has 0 amide bonds. The zero-order valence-electron chi connectivity index (χ0n) is 9.35. The fourth-order valence-corrected chi connectivity index (χ4v) is 2.49. The fraction of sp³-hybridized carbons (Fsp3) is 0.455. The maximum atomic E-state index is 4.36. The van der Waals surface area contributed by atoms with Gasteiger partial charge in [-0.2, -0.15) is 0 Å². The molecule has 0 bridgehead atoms. The van der Waals surface area contributed by atoms with Crippen molar-refractivity contribution in [1.82, 2.24) is 9.97 Å². The van der Waals surface area contributed by atoms with Crippen molar-refractivity contribution in [2.24, 2.45) is 0 Å². The standard InChI is InChI=1S/C11H14BrN3S/c1-8(12)3-5-15(2)10-9-4-6-16-11(9)14-7-13-10/h4,6-8H,3,5H2,1-2H3. The summed E-state index contributed by atoms with van der Waals surface area (Å²) in [4.78, 5) is 12.4. The maximum absolute atomic E-state index is 4.36. The van der Waals surface area contributed by atoms with Crippen LogP contribution in [0.25, 0.3) is 10.2 Å². The number of thiophene rings is 1. The van der Waals surface area contributed by atoms with Crippen molar-refractivity contribution in [1.29, 1.82) is 0 Å². The molecule has 3 nitrogen and oxygen atoms in total. The lowest BCUT2D eigenvalue weighted by Crippen LogP contribution is -2.21. The van der Waals surface area contributed by atoms with Crippen LogP contribution in [0.5, 0.6) is 0 Å². The quantitative estimate of drug-likeness (QED) is 0.811. The number of alkyl halides is 1. The van der Waals surface area contributed by atoms with Crippen LogP contribution >= 0.6 is 27.3 Å². The molecule has 0 saturated carbocycles. The topological polar surface area (TPSA) is 29.0 Å². The van der Waals surface area contributed by atoms with Crippen LogP contribution in [0.2, 0.25) is 0 Å². The first-order chi connectivity index (χ1) is 7.68. The van der Waals surface area contributed by atoms with E-state index in [2.05, 4.69) is 56.2 Å². The normalized spacial score (nSPS) is 12.9. The molecule has 0 fully saturated rings. The van der Waals surface area contributed by atoms with Gasteiger partial charge in [0, 0.05) is 18.4 Å². The van der Waals surface area contributed by atoms with Gasteiger partial charge in [-0.15, -0.1) is 11.3 Å². The largest absolute Gasteiger partial charge is 0.359 e. The molecule has 0 N–H and O–H groups in total. The summed E-state index contributed by atoms with van der Waals surface area (Å²) < 4.78 is 0. The van der Waals surface area contributed by atoms with Gasteiger partial charge in [-0.25, -0.2) is 9.97 Å². The first-order valence-corrected chi connectivity index (χ1v) is 7.01. The number of hydrogen-bond acceptors (Lipinski definition) is 4. The van der Waals surface area contributed by atoms with E-state index in [-0.39, 0.29) is 0 Å². The van der Waals surface area contributed by atoms with Gasteiger partial charge in [0.05, 0.1) is 5.39 Å². The lowest BCUT2D eigenvalue weighted by molar-refractivity contribution is 0.780. The highest BCUT2D eigenvalue weighted by Gasteiger charge is 2.09. The highest BCUT2D eigenvalue weighted by atomic mass is 79.9. The summed E-state index contributed by atoms with van der Waals surface area (Å²) in [5.41, 5.74) is 0. The van der Waals surface area contributed by atoms with Crippen molar-refractivity contribution >= 4 is 43.3 Å². The minimum absolute atomic E-state index is 0.537. The van der Waals surface area contributed by atoms with Crippen LogP contribution in [0.15, 0.2) is 17.8 Å². The van der Waals surface area contributed by atoms with E-state index in [1.165, 1.54) is 0 Å². The molecule has 0 radical (unpaired) electrons. The molecule has 0 spiro atoms. The molecule has 0 saturated heterocycles. The number of fused-ring (bicyclic) bond motifs is 1. The van der Waals surface area contributed by atoms with Gasteiger partial charge in [0.1, 0.15) is 17.0 Å². The summed E-state index contributed by atoms with van der Waals surface area (Å²) >= 11 is 5.22. The molecular weight excluding hydrogens is 286 g/mol. The van der Waals surface area contributed by atoms with Gasteiger partial charge in [-0.05, 0) is 17.9 Å². The Morgan fingerprint density at radius 2 is 2.31 bits per heavy atom. The van der Waals surface area contributed by atoms with Crippen molar-refractivity contribution < 1.29 is 0 Å². The van der Waals surface area contributed by atoms with Crippen molar-refractivity contribution in [3.63, 3.8) is 0 Å². The average molecular weight is 300 g/mol. The summed E-state index contributed by atoms with van der Waals surface area (Å²) in [5.74, 6) is 1.03. The number of aromatic nitrogens is 2. The van der Waals surface area contributed by atoms with Crippen molar-refractivity contribution in [2.45, 2.75) is 18.2 Å². The van der Waals surface area contributed by atoms with Crippen LogP contribution in [-0.4, -0.2) is 28.4 Å². The van der Waals surface area contributed by atoms with Gasteiger partial charge in [0.15, 0.2) is 0 Å². The molecule has 2 aromatic heterocycles. The lowest BCUT2D eigenvalue weighted by Gasteiger charge is -2.19.